The van der Waals surface area contributed by atoms with Crippen LogP contribution in [0.2, 0.25) is 0 Å². The highest BCUT2D eigenvalue weighted by Gasteiger charge is 2.22. The van der Waals surface area contributed by atoms with Gasteiger partial charge in [-0.3, -0.25) is 9.59 Å². The summed E-state index contributed by atoms with van der Waals surface area (Å²) >= 11 is 1.48. The minimum Gasteiger partial charge on any atom is -0.448 e. The van der Waals surface area contributed by atoms with Crippen LogP contribution in [0.4, 0.5) is 5.69 Å². The van der Waals surface area contributed by atoms with Crippen molar-refractivity contribution in [2.75, 3.05) is 5.32 Å². The molecule has 1 atom stereocenters. The molecule has 1 aliphatic rings. The highest BCUT2D eigenvalue weighted by atomic mass is 32.1. The molecule has 1 heterocycles. The van der Waals surface area contributed by atoms with Gasteiger partial charge in [-0.25, -0.2) is 4.79 Å². The Labute approximate surface area is 162 Å². The van der Waals surface area contributed by atoms with Crippen molar-refractivity contribution in [3.05, 3.63) is 51.2 Å². The molecule has 1 aliphatic carbocycles. The molecule has 3 rings (SSSR count). The molecule has 0 bridgehead atoms. The number of amides is 1. The molecular formula is C21H23NO4S. The second-order valence-corrected chi connectivity index (χ2v) is 7.93. The summed E-state index contributed by atoms with van der Waals surface area (Å²) in [5, 5.41) is 2.70. The van der Waals surface area contributed by atoms with E-state index in [1.54, 1.807) is 31.2 Å². The van der Waals surface area contributed by atoms with Crippen molar-refractivity contribution in [1.29, 1.82) is 0 Å². The predicted octanol–water partition coefficient (Wildman–Crippen LogP) is 4.40. The van der Waals surface area contributed by atoms with Crippen LogP contribution in [-0.4, -0.2) is 23.8 Å². The maximum Gasteiger partial charge on any atom is 0.349 e. The number of carbonyl (C=O) groups excluding carboxylic acids is 3. The third-order valence-electron chi connectivity index (χ3n) is 4.66. The molecule has 27 heavy (non-hydrogen) atoms. The molecule has 6 heteroatoms. The second-order valence-electron chi connectivity index (χ2n) is 6.79. The van der Waals surface area contributed by atoms with Gasteiger partial charge < -0.3 is 10.1 Å². The number of Topliss-reactive ketones (excluding diaryl/α,β-unsaturated/α-hetero) is 1. The zero-order valence-electron chi connectivity index (χ0n) is 15.5. The highest BCUT2D eigenvalue weighted by molar-refractivity contribution is 7.14. The minimum absolute atomic E-state index is 0.0375. The molecule has 142 valence electrons. The Morgan fingerprint density at radius 3 is 2.48 bits per heavy atom. The smallest absolute Gasteiger partial charge is 0.349 e. The molecule has 0 fully saturated rings. The summed E-state index contributed by atoms with van der Waals surface area (Å²) < 4.78 is 5.35. The molecule has 0 saturated carbocycles. The average Bonchev–Trinajstić information content (AvgIpc) is 2.93. The number of carbonyl (C=O) groups is 3. The van der Waals surface area contributed by atoms with E-state index in [9.17, 15) is 14.4 Å². The molecule has 0 unspecified atom stereocenters. The van der Waals surface area contributed by atoms with Crippen LogP contribution in [0, 0.1) is 0 Å². The zero-order chi connectivity index (χ0) is 19.4. The lowest BCUT2D eigenvalue weighted by molar-refractivity contribution is -0.123. The first kappa shape index (κ1) is 19.3. The Bertz CT molecular complexity index is 830. The van der Waals surface area contributed by atoms with Gasteiger partial charge in [-0.2, -0.15) is 0 Å². The van der Waals surface area contributed by atoms with Gasteiger partial charge in [0, 0.05) is 16.1 Å². The van der Waals surface area contributed by atoms with Gasteiger partial charge in [-0.1, -0.05) is 6.42 Å². The Hall–Kier alpha value is -2.47. The summed E-state index contributed by atoms with van der Waals surface area (Å²) in [7, 11) is 0. The summed E-state index contributed by atoms with van der Waals surface area (Å²) in [5.41, 5.74) is 2.37. The number of thiophene rings is 1. The topological polar surface area (TPSA) is 72.5 Å². The van der Waals surface area contributed by atoms with Crippen LogP contribution in [0.5, 0.6) is 0 Å². The Kier molecular flexibility index (Phi) is 6.06. The lowest BCUT2D eigenvalue weighted by Gasteiger charge is -2.13. The number of aryl methyl sites for hydroxylation is 2. The standard InChI is InChI=1S/C21H23NO4S/c1-13(23)15-8-10-17(11-9-15)22-20(24)14(2)26-21(25)19-12-16-6-4-3-5-7-18(16)27-19/h8-12,14H,3-7H2,1-2H3,(H,22,24)/t14-/m0/s1. The number of ketones is 1. The molecule has 0 radical (unpaired) electrons. The molecule has 0 saturated heterocycles. The van der Waals surface area contributed by atoms with E-state index in [2.05, 4.69) is 5.32 Å². The van der Waals surface area contributed by atoms with Gasteiger partial charge in [0.05, 0.1) is 0 Å². The number of anilines is 1. The van der Waals surface area contributed by atoms with E-state index < -0.39 is 18.0 Å². The Morgan fingerprint density at radius 1 is 1.07 bits per heavy atom. The largest absolute Gasteiger partial charge is 0.448 e. The fraction of sp³-hybridized carbons (Fsp3) is 0.381. The van der Waals surface area contributed by atoms with Crippen LogP contribution >= 0.6 is 11.3 Å². The molecule has 2 aromatic rings. The van der Waals surface area contributed by atoms with Crippen LogP contribution < -0.4 is 5.32 Å². The number of benzene rings is 1. The third kappa shape index (κ3) is 4.83. The van der Waals surface area contributed by atoms with Gasteiger partial charge in [0.2, 0.25) is 0 Å². The number of hydrogen-bond donors (Lipinski definition) is 1. The third-order valence-corrected chi connectivity index (χ3v) is 5.88. The van der Waals surface area contributed by atoms with Crippen molar-refractivity contribution >= 4 is 34.7 Å². The molecule has 5 nitrogen and oxygen atoms in total. The van der Waals surface area contributed by atoms with Crippen molar-refractivity contribution in [3.8, 4) is 0 Å². The summed E-state index contributed by atoms with van der Waals surface area (Å²) in [6, 6.07) is 8.51. The maximum atomic E-state index is 12.4. The van der Waals surface area contributed by atoms with Gasteiger partial charge >= 0.3 is 5.97 Å². The Morgan fingerprint density at radius 2 is 1.78 bits per heavy atom. The van der Waals surface area contributed by atoms with E-state index in [-0.39, 0.29) is 5.78 Å². The maximum absolute atomic E-state index is 12.4. The van der Waals surface area contributed by atoms with Crippen LogP contribution in [0.25, 0.3) is 0 Å². The number of esters is 1. The van der Waals surface area contributed by atoms with Crippen LogP contribution in [0.1, 0.15) is 63.6 Å². The first-order chi connectivity index (χ1) is 12.9. The van der Waals surface area contributed by atoms with Crippen molar-refractivity contribution in [3.63, 3.8) is 0 Å². The van der Waals surface area contributed by atoms with E-state index in [1.165, 1.54) is 35.1 Å². The second kappa shape index (κ2) is 8.48. The predicted molar refractivity (Wildman–Crippen MR) is 106 cm³/mol. The van der Waals surface area contributed by atoms with Crippen molar-refractivity contribution in [2.45, 2.75) is 52.1 Å². The van der Waals surface area contributed by atoms with Crippen molar-refractivity contribution < 1.29 is 19.1 Å². The van der Waals surface area contributed by atoms with Crippen molar-refractivity contribution in [2.24, 2.45) is 0 Å². The lowest BCUT2D eigenvalue weighted by atomic mass is 10.1. The van der Waals surface area contributed by atoms with Crippen LogP contribution in [0.15, 0.2) is 30.3 Å². The monoisotopic (exact) mass is 385 g/mol. The fourth-order valence-electron chi connectivity index (χ4n) is 3.07. The summed E-state index contributed by atoms with van der Waals surface area (Å²) in [4.78, 5) is 37.8. The number of hydrogen-bond acceptors (Lipinski definition) is 5. The number of fused-ring (bicyclic) bond motifs is 1. The molecule has 1 amide bonds. The van der Waals surface area contributed by atoms with E-state index in [1.807, 2.05) is 6.07 Å². The average molecular weight is 385 g/mol. The highest BCUT2D eigenvalue weighted by Crippen LogP contribution is 2.29. The van der Waals surface area contributed by atoms with Gasteiger partial charge in [0.25, 0.3) is 5.91 Å². The molecular weight excluding hydrogens is 362 g/mol. The fourth-order valence-corrected chi connectivity index (χ4v) is 4.21. The summed E-state index contributed by atoms with van der Waals surface area (Å²) in [5.74, 6) is -0.899. The van der Waals surface area contributed by atoms with Gasteiger partial charge in [-0.15, -0.1) is 11.3 Å². The number of ether oxygens (including phenoxy) is 1. The van der Waals surface area contributed by atoms with E-state index in [0.717, 1.165) is 25.7 Å². The number of rotatable bonds is 5. The van der Waals surface area contributed by atoms with Crippen LogP contribution in [0.3, 0.4) is 0 Å². The van der Waals surface area contributed by atoms with Gasteiger partial charge in [-0.05, 0) is 75.4 Å². The summed E-state index contributed by atoms with van der Waals surface area (Å²) in [6.07, 6.45) is 4.64. The molecule has 1 aromatic carbocycles. The van der Waals surface area contributed by atoms with Crippen molar-refractivity contribution in [1.82, 2.24) is 0 Å². The quantitative estimate of drug-likeness (QED) is 0.470. The number of nitrogens with one attached hydrogen (secondary N) is 1. The van der Waals surface area contributed by atoms with E-state index in [0.29, 0.717) is 16.1 Å². The first-order valence-electron chi connectivity index (χ1n) is 9.18. The Balaban J connectivity index is 1.59. The molecule has 1 N–H and O–H groups in total. The van der Waals surface area contributed by atoms with E-state index >= 15 is 0 Å². The SMILES string of the molecule is CC(=O)c1ccc(NC(=O)[C@H](C)OC(=O)c2cc3c(s2)CCCCC3)cc1. The normalized spacial score (nSPS) is 14.6. The minimum atomic E-state index is -0.910. The van der Waals surface area contributed by atoms with E-state index in [4.69, 9.17) is 4.74 Å². The van der Waals surface area contributed by atoms with Gasteiger partial charge in [0.1, 0.15) is 4.88 Å². The molecule has 0 aliphatic heterocycles. The van der Waals surface area contributed by atoms with Gasteiger partial charge in [0.15, 0.2) is 11.9 Å². The molecule has 0 spiro atoms. The first-order valence-corrected chi connectivity index (χ1v) is 10.00. The summed E-state index contributed by atoms with van der Waals surface area (Å²) in [6.45, 7) is 3.04. The van der Waals surface area contributed by atoms with Crippen LogP contribution in [-0.2, 0) is 22.4 Å². The molecule has 1 aromatic heterocycles. The zero-order valence-corrected chi connectivity index (χ0v) is 16.4. The lowest BCUT2D eigenvalue weighted by Crippen LogP contribution is -2.29.